The molecule has 0 atom stereocenters. The average molecular weight is 789 g/mol. The van der Waals surface area contributed by atoms with Crippen molar-refractivity contribution in [1.82, 2.24) is 19.1 Å². The molecule has 0 aliphatic carbocycles. The van der Waals surface area contributed by atoms with Gasteiger partial charge >= 0.3 is 0 Å². The fourth-order valence-corrected chi connectivity index (χ4v) is 12.1. The Hall–Kier alpha value is -7.32. The van der Waals surface area contributed by atoms with E-state index in [4.69, 9.17) is 14.4 Å². The van der Waals surface area contributed by atoms with Crippen LogP contribution in [-0.4, -0.2) is 19.1 Å². The fourth-order valence-electron chi connectivity index (χ4n) is 9.60. The minimum Gasteiger partial charge on any atom is -0.450 e. The van der Waals surface area contributed by atoms with Gasteiger partial charge in [-0.1, -0.05) is 115 Å². The van der Waals surface area contributed by atoms with Crippen molar-refractivity contribution in [2.45, 2.75) is 0 Å². The van der Waals surface area contributed by atoms with Gasteiger partial charge in [0, 0.05) is 78.5 Å². The minimum atomic E-state index is 0.652. The highest BCUT2D eigenvalue weighted by Gasteiger charge is 2.25. The van der Waals surface area contributed by atoms with Crippen molar-refractivity contribution in [3.8, 4) is 22.9 Å². The summed E-state index contributed by atoms with van der Waals surface area (Å²) in [5.74, 6) is 1.38. The third-order valence-electron chi connectivity index (χ3n) is 12.1. The summed E-state index contributed by atoms with van der Waals surface area (Å²) in [6.07, 6.45) is 0. The van der Waals surface area contributed by atoms with Crippen molar-refractivity contribution in [2.24, 2.45) is 0 Å². The van der Waals surface area contributed by atoms with E-state index in [1.807, 2.05) is 40.9 Å². The first-order valence-electron chi connectivity index (χ1n) is 19.7. The Balaban J connectivity index is 1.07. The van der Waals surface area contributed by atoms with Crippen LogP contribution in [0.3, 0.4) is 0 Å². The number of furan rings is 1. The summed E-state index contributed by atoms with van der Waals surface area (Å²) in [4.78, 5) is 10.7. The Bertz CT molecular complexity index is 4090. The molecule has 0 saturated carbocycles. The summed E-state index contributed by atoms with van der Waals surface area (Å²) in [5.41, 5.74) is 8.71. The minimum absolute atomic E-state index is 0.652. The lowest BCUT2D eigenvalue weighted by Crippen LogP contribution is -2.01. The van der Waals surface area contributed by atoms with Crippen LogP contribution in [0.4, 0.5) is 0 Å². The maximum Gasteiger partial charge on any atom is 0.197 e. The second-order valence-electron chi connectivity index (χ2n) is 15.3. The van der Waals surface area contributed by atoms with Gasteiger partial charge in [0.2, 0.25) is 0 Å². The largest absolute Gasteiger partial charge is 0.450 e. The van der Waals surface area contributed by atoms with Gasteiger partial charge in [-0.15, -0.1) is 22.7 Å². The lowest BCUT2D eigenvalue weighted by atomic mass is 10.1. The van der Waals surface area contributed by atoms with Gasteiger partial charge in [-0.2, -0.15) is 0 Å². The molecule has 0 aliphatic heterocycles. The van der Waals surface area contributed by atoms with Gasteiger partial charge in [0.1, 0.15) is 11.1 Å². The van der Waals surface area contributed by atoms with Crippen LogP contribution in [0, 0.1) is 0 Å². The number of rotatable bonds is 3. The van der Waals surface area contributed by atoms with E-state index in [1.54, 1.807) is 0 Å². The summed E-state index contributed by atoms with van der Waals surface area (Å²) in [7, 11) is 0. The number of aromatic nitrogens is 4. The molecule has 0 N–H and O–H groups in total. The van der Waals surface area contributed by atoms with Gasteiger partial charge in [-0.3, -0.25) is 4.57 Å². The maximum absolute atomic E-state index is 6.92. The van der Waals surface area contributed by atoms with Crippen molar-refractivity contribution in [1.29, 1.82) is 0 Å². The zero-order chi connectivity index (χ0) is 38.3. The predicted octanol–water partition coefficient (Wildman–Crippen LogP) is 15.0. The van der Waals surface area contributed by atoms with Crippen molar-refractivity contribution in [3.63, 3.8) is 0 Å². The smallest absolute Gasteiger partial charge is 0.197 e. The molecule has 0 unspecified atom stereocenters. The molecule has 14 rings (SSSR count). The Morgan fingerprint density at radius 2 is 0.983 bits per heavy atom. The molecule has 0 bridgehead atoms. The zero-order valence-electron chi connectivity index (χ0n) is 31.2. The molecular weight excluding hydrogens is 761 g/mol. The Morgan fingerprint density at radius 1 is 0.424 bits per heavy atom. The van der Waals surface area contributed by atoms with E-state index in [0.29, 0.717) is 11.4 Å². The highest BCUT2D eigenvalue weighted by atomic mass is 32.1. The summed E-state index contributed by atoms with van der Waals surface area (Å²) >= 11 is 3.73. The topological polar surface area (TPSA) is 48.8 Å². The Morgan fingerprint density at radius 3 is 1.64 bits per heavy atom. The molecule has 5 nitrogen and oxygen atoms in total. The maximum atomic E-state index is 6.92. The van der Waals surface area contributed by atoms with Crippen LogP contribution in [0.25, 0.3) is 129 Å². The highest BCUT2D eigenvalue weighted by Crippen LogP contribution is 2.46. The van der Waals surface area contributed by atoms with Crippen LogP contribution < -0.4 is 0 Å². The first kappa shape index (κ1) is 31.7. The van der Waals surface area contributed by atoms with Crippen LogP contribution in [-0.2, 0) is 0 Å². The molecule has 6 heterocycles. The second kappa shape index (κ2) is 11.6. The number of para-hydroxylation sites is 2. The number of thiophene rings is 2. The van der Waals surface area contributed by atoms with E-state index < -0.39 is 0 Å². The lowest BCUT2D eigenvalue weighted by molar-refractivity contribution is 0.662. The van der Waals surface area contributed by atoms with Crippen molar-refractivity contribution < 1.29 is 4.42 Å². The Labute approximate surface area is 343 Å². The molecule has 7 heteroatoms. The van der Waals surface area contributed by atoms with E-state index in [0.717, 1.165) is 50.1 Å². The van der Waals surface area contributed by atoms with E-state index in [1.165, 1.54) is 67.4 Å². The van der Waals surface area contributed by atoms with Gasteiger partial charge in [0.15, 0.2) is 17.2 Å². The van der Waals surface area contributed by atoms with Crippen molar-refractivity contribution in [3.05, 3.63) is 170 Å². The summed E-state index contributed by atoms with van der Waals surface area (Å²) in [6, 6.07) is 60.8. The number of fused-ring (bicyclic) bond motifs is 17. The van der Waals surface area contributed by atoms with E-state index in [9.17, 15) is 0 Å². The molecular formula is C52H28N4OS2. The highest BCUT2D eigenvalue weighted by molar-refractivity contribution is 7.27. The fraction of sp³-hybridized carbons (Fsp3) is 0. The predicted molar refractivity (Wildman–Crippen MR) is 249 cm³/mol. The molecule has 0 spiro atoms. The Kier molecular flexibility index (Phi) is 6.26. The van der Waals surface area contributed by atoms with E-state index >= 15 is 0 Å². The monoisotopic (exact) mass is 788 g/mol. The lowest BCUT2D eigenvalue weighted by Gasteiger charge is -2.10. The average Bonchev–Trinajstić information content (AvgIpc) is 4.10. The number of nitrogens with zero attached hydrogens (tertiary/aromatic N) is 4. The van der Waals surface area contributed by atoms with Crippen LogP contribution in [0.5, 0.6) is 0 Å². The molecule has 59 heavy (non-hydrogen) atoms. The third-order valence-corrected chi connectivity index (χ3v) is 14.5. The van der Waals surface area contributed by atoms with Gasteiger partial charge in [-0.25, -0.2) is 9.97 Å². The molecule has 8 aromatic carbocycles. The quantitative estimate of drug-likeness (QED) is 0.179. The molecule has 0 saturated heterocycles. The molecule has 0 radical (unpaired) electrons. The first-order chi connectivity index (χ1) is 29.3. The van der Waals surface area contributed by atoms with Crippen molar-refractivity contribution in [2.75, 3.05) is 0 Å². The van der Waals surface area contributed by atoms with Crippen LogP contribution in [0.1, 0.15) is 0 Å². The molecule has 6 aromatic heterocycles. The van der Waals surface area contributed by atoms with Gasteiger partial charge in [-0.05, 0) is 54.6 Å². The molecule has 14 aromatic rings. The number of hydrogen-bond acceptors (Lipinski definition) is 5. The normalized spacial score (nSPS) is 12.4. The number of hydrogen-bond donors (Lipinski definition) is 0. The van der Waals surface area contributed by atoms with Gasteiger partial charge in [0.25, 0.3) is 0 Å². The molecule has 0 fully saturated rings. The summed E-state index contributed by atoms with van der Waals surface area (Å²) < 4.78 is 16.8. The zero-order valence-corrected chi connectivity index (χ0v) is 32.8. The summed E-state index contributed by atoms with van der Waals surface area (Å²) in [5, 5.41) is 11.0. The molecule has 0 amide bonds. The van der Waals surface area contributed by atoms with E-state index in [2.05, 4.69) is 161 Å². The van der Waals surface area contributed by atoms with Crippen LogP contribution >= 0.6 is 22.7 Å². The molecule has 0 aliphatic rings. The number of benzene rings is 8. The molecule has 274 valence electrons. The second-order valence-corrected chi connectivity index (χ2v) is 17.4. The standard InChI is InChI=1S/C52H28N4OS2/c1-2-12-29(13-3-1)51-53-47-37-28-30(55-38-18-8-4-16-35(38)45-40(55)25-23-33-31-14-6-10-20-43(31)58-49(33)45)22-27-42(37)57-48(47)52(54-51)56-39-19-9-5-17-36(39)46-41(56)26-24-34-32-15-7-11-21-44(32)59-50(34)46/h1-28H. The van der Waals surface area contributed by atoms with Gasteiger partial charge < -0.3 is 8.98 Å². The van der Waals surface area contributed by atoms with Gasteiger partial charge in [0.05, 0.1) is 22.1 Å². The third kappa shape index (κ3) is 4.27. The van der Waals surface area contributed by atoms with Crippen LogP contribution in [0.15, 0.2) is 174 Å². The summed E-state index contributed by atoms with van der Waals surface area (Å²) in [6.45, 7) is 0. The van der Waals surface area contributed by atoms with Crippen LogP contribution in [0.2, 0.25) is 0 Å². The van der Waals surface area contributed by atoms with E-state index in [-0.39, 0.29) is 0 Å². The van der Waals surface area contributed by atoms with Crippen molar-refractivity contribution >= 4 is 129 Å². The SMILES string of the molecule is c1ccc(-c2nc(-n3c4ccccc4c4c5sc6ccccc6c5ccc43)c3oc4ccc(-n5c6ccccc6c6c7sc8ccccc8c7ccc65)cc4c3n2)cc1. The first-order valence-corrected chi connectivity index (χ1v) is 21.4.